The molecule has 0 radical (unpaired) electrons. The summed E-state index contributed by atoms with van der Waals surface area (Å²) in [5, 5.41) is 0.226. The van der Waals surface area contributed by atoms with E-state index in [0.717, 1.165) is 24.2 Å². The summed E-state index contributed by atoms with van der Waals surface area (Å²) >= 11 is 5.65. The zero-order chi connectivity index (χ0) is 8.72. The largest absolute Gasteiger partial charge is 0.298 e. The second kappa shape index (κ2) is 2.71. The van der Waals surface area contributed by atoms with Crippen molar-refractivity contribution < 1.29 is 4.39 Å². The van der Waals surface area contributed by atoms with Gasteiger partial charge in [-0.2, -0.15) is 0 Å². The van der Waals surface area contributed by atoms with Crippen LogP contribution in [0.5, 0.6) is 0 Å². The SMILES string of the molecule is CN1Cc2cc(F)c(Cl)cc2C1. The lowest BCUT2D eigenvalue weighted by atomic mass is 10.1. The first-order valence-corrected chi connectivity index (χ1v) is 4.20. The molecule has 1 aromatic rings. The van der Waals surface area contributed by atoms with E-state index in [9.17, 15) is 4.39 Å². The molecule has 0 amide bonds. The third kappa shape index (κ3) is 1.21. The average molecular weight is 186 g/mol. The minimum atomic E-state index is -0.314. The van der Waals surface area contributed by atoms with E-state index in [-0.39, 0.29) is 10.8 Å². The summed E-state index contributed by atoms with van der Waals surface area (Å²) in [6.07, 6.45) is 0. The number of fused-ring (bicyclic) bond motifs is 1. The Hall–Kier alpha value is -0.600. The van der Waals surface area contributed by atoms with E-state index < -0.39 is 0 Å². The van der Waals surface area contributed by atoms with Gasteiger partial charge in [0.15, 0.2) is 0 Å². The molecule has 0 bridgehead atoms. The smallest absolute Gasteiger partial charge is 0.142 e. The maximum Gasteiger partial charge on any atom is 0.142 e. The Morgan fingerprint density at radius 3 is 2.58 bits per heavy atom. The van der Waals surface area contributed by atoms with Crippen LogP contribution in [-0.4, -0.2) is 11.9 Å². The molecule has 0 N–H and O–H groups in total. The Bertz CT molecular complexity index is 294. The van der Waals surface area contributed by atoms with Crippen molar-refractivity contribution in [2.75, 3.05) is 7.05 Å². The Morgan fingerprint density at radius 2 is 1.92 bits per heavy atom. The number of nitrogens with zero attached hydrogens (tertiary/aromatic N) is 1. The number of hydrogen-bond donors (Lipinski definition) is 0. The molecule has 1 aliphatic heterocycles. The summed E-state index contributed by atoms with van der Waals surface area (Å²) in [6, 6.07) is 3.25. The Morgan fingerprint density at radius 1 is 1.33 bits per heavy atom. The maximum absolute atomic E-state index is 13.0. The monoisotopic (exact) mass is 185 g/mol. The molecule has 0 fully saturated rings. The van der Waals surface area contributed by atoms with E-state index in [1.807, 2.05) is 7.05 Å². The summed E-state index contributed by atoms with van der Waals surface area (Å²) in [7, 11) is 2.01. The fourth-order valence-electron chi connectivity index (χ4n) is 1.56. The molecule has 12 heavy (non-hydrogen) atoms. The van der Waals surface area contributed by atoms with Gasteiger partial charge in [0.25, 0.3) is 0 Å². The van der Waals surface area contributed by atoms with Gasteiger partial charge in [-0.25, -0.2) is 4.39 Å². The Labute approximate surface area is 75.7 Å². The van der Waals surface area contributed by atoms with E-state index in [0.29, 0.717) is 0 Å². The van der Waals surface area contributed by atoms with Crippen LogP contribution in [0.2, 0.25) is 5.02 Å². The average Bonchev–Trinajstić information content (AvgIpc) is 2.30. The third-order valence-corrected chi connectivity index (χ3v) is 2.41. The number of benzene rings is 1. The van der Waals surface area contributed by atoms with Crippen molar-refractivity contribution in [2.45, 2.75) is 13.1 Å². The normalized spacial score (nSPS) is 16.6. The van der Waals surface area contributed by atoms with Crippen molar-refractivity contribution in [3.05, 3.63) is 34.1 Å². The van der Waals surface area contributed by atoms with Crippen molar-refractivity contribution in [1.82, 2.24) is 4.90 Å². The zero-order valence-electron chi connectivity index (χ0n) is 6.77. The van der Waals surface area contributed by atoms with E-state index in [1.165, 1.54) is 6.07 Å². The van der Waals surface area contributed by atoms with Crippen molar-refractivity contribution in [2.24, 2.45) is 0 Å². The highest BCUT2D eigenvalue weighted by Gasteiger charge is 2.17. The van der Waals surface area contributed by atoms with Crippen LogP contribution in [0, 0.1) is 5.82 Å². The van der Waals surface area contributed by atoms with E-state index in [1.54, 1.807) is 6.07 Å². The van der Waals surface area contributed by atoms with Crippen molar-refractivity contribution in [1.29, 1.82) is 0 Å². The maximum atomic E-state index is 13.0. The van der Waals surface area contributed by atoms with Gasteiger partial charge >= 0.3 is 0 Å². The van der Waals surface area contributed by atoms with E-state index in [2.05, 4.69) is 4.90 Å². The first-order chi connectivity index (χ1) is 5.66. The van der Waals surface area contributed by atoms with Gasteiger partial charge in [-0.1, -0.05) is 11.6 Å². The topological polar surface area (TPSA) is 3.24 Å². The van der Waals surface area contributed by atoms with Crippen LogP contribution in [0.3, 0.4) is 0 Å². The Kier molecular flexibility index (Phi) is 1.81. The van der Waals surface area contributed by atoms with Crippen LogP contribution in [-0.2, 0) is 13.1 Å². The quantitative estimate of drug-likeness (QED) is 0.600. The standard InChI is InChI=1S/C9H9ClFN/c1-12-4-6-2-8(10)9(11)3-7(6)5-12/h2-3H,4-5H2,1H3. The molecule has 1 heterocycles. The lowest BCUT2D eigenvalue weighted by Crippen LogP contribution is -2.07. The van der Waals surface area contributed by atoms with Crippen molar-refractivity contribution >= 4 is 11.6 Å². The van der Waals surface area contributed by atoms with Crippen LogP contribution >= 0.6 is 11.6 Å². The summed E-state index contributed by atoms with van der Waals surface area (Å²) in [6.45, 7) is 1.69. The molecule has 0 saturated heterocycles. The molecule has 0 atom stereocenters. The van der Waals surface area contributed by atoms with Crippen LogP contribution < -0.4 is 0 Å². The van der Waals surface area contributed by atoms with E-state index in [4.69, 9.17) is 11.6 Å². The van der Waals surface area contributed by atoms with Crippen LogP contribution in [0.1, 0.15) is 11.1 Å². The molecule has 2 rings (SSSR count). The predicted molar refractivity (Wildman–Crippen MR) is 46.6 cm³/mol. The van der Waals surface area contributed by atoms with Crippen LogP contribution in [0.4, 0.5) is 4.39 Å². The lowest BCUT2D eigenvalue weighted by Gasteiger charge is -2.02. The first-order valence-electron chi connectivity index (χ1n) is 3.82. The highest BCUT2D eigenvalue weighted by Crippen LogP contribution is 2.26. The molecule has 1 nitrogen and oxygen atoms in total. The molecule has 0 spiro atoms. The van der Waals surface area contributed by atoms with Crippen molar-refractivity contribution in [3.8, 4) is 0 Å². The van der Waals surface area contributed by atoms with Gasteiger partial charge in [0, 0.05) is 13.1 Å². The molecule has 1 aliphatic rings. The molecular weight excluding hydrogens is 177 g/mol. The number of rotatable bonds is 0. The van der Waals surface area contributed by atoms with Gasteiger partial charge < -0.3 is 0 Å². The molecule has 0 unspecified atom stereocenters. The van der Waals surface area contributed by atoms with Gasteiger partial charge in [0.1, 0.15) is 5.82 Å². The van der Waals surface area contributed by atoms with Gasteiger partial charge in [0.05, 0.1) is 5.02 Å². The predicted octanol–water partition coefficient (Wildman–Crippen LogP) is 2.42. The van der Waals surface area contributed by atoms with Crippen LogP contribution in [0.25, 0.3) is 0 Å². The second-order valence-corrected chi connectivity index (χ2v) is 3.61. The van der Waals surface area contributed by atoms with E-state index >= 15 is 0 Å². The summed E-state index contributed by atoms with van der Waals surface area (Å²) in [5.74, 6) is -0.314. The fourth-order valence-corrected chi connectivity index (χ4v) is 1.75. The minimum absolute atomic E-state index is 0.226. The summed E-state index contributed by atoms with van der Waals surface area (Å²) < 4.78 is 13.0. The fraction of sp³-hybridized carbons (Fsp3) is 0.333. The molecular formula is C9H9ClFN. The molecule has 0 aromatic heterocycles. The zero-order valence-corrected chi connectivity index (χ0v) is 7.53. The third-order valence-electron chi connectivity index (χ3n) is 2.12. The first kappa shape index (κ1) is 8.02. The molecule has 1 aromatic carbocycles. The minimum Gasteiger partial charge on any atom is -0.298 e. The molecule has 0 aliphatic carbocycles. The second-order valence-electron chi connectivity index (χ2n) is 3.21. The summed E-state index contributed by atoms with van der Waals surface area (Å²) in [4.78, 5) is 2.13. The van der Waals surface area contributed by atoms with Gasteiger partial charge in [-0.3, -0.25) is 4.90 Å². The van der Waals surface area contributed by atoms with Gasteiger partial charge in [0.2, 0.25) is 0 Å². The van der Waals surface area contributed by atoms with Crippen LogP contribution in [0.15, 0.2) is 12.1 Å². The number of halogens is 2. The number of hydrogen-bond acceptors (Lipinski definition) is 1. The highest BCUT2D eigenvalue weighted by atomic mass is 35.5. The molecule has 64 valence electrons. The van der Waals surface area contributed by atoms with Crippen molar-refractivity contribution in [3.63, 3.8) is 0 Å². The molecule has 0 saturated carbocycles. The van der Waals surface area contributed by atoms with Gasteiger partial charge in [-0.15, -0.1) is 0 Å². The Balaban J connectivity index is 2.48. The lowest BCUT2D eigenvalue weighted by molar-refractivity contribution is 0.353. The highest BCUT2D eigenvalue weighted by molar-refractivity contribution is 6.30. The van der Waals surface area contributed by atoms with Gasteiger partial charge in [-0.05, 0) is 30.3 Å². The summed E-state index contributed by atoms with van der Waals surface area (Å²) in [5.41, 5.74) is 2.20. The molecule has 3 heteroatoms.